The second kappa shape index (κ2) is 8.26. The summed E-state index contributed by atoms with van der Waals surface area (Å²) >= 11 is 0. The third-order valence-electron chi connectivity index (χ3n) is 3.79. The summed E-state index contributed by atoms with van der Waals surface area (Å²) in [6.07, 6.45) is 4.48. The van der Waals surface area contributed by atoms with Crippen molar-refractivity contribution in [1.29, 1.82) is 0 Å². The maximum Gasteiger partial charge on any atom is 0.237 e. The molecule has 2 heterocycles. The van der Waals surface area contributed by atoms with E-state index in [1.165, 1.54) is 0 Å². The fraction of sp³-hybridized carbons (Fsp3) is 0.733. The van der Waals surface area contributed by atoms with Crippen molar-refractivity contribution in [2.75, 3.05) is 39.9 Å². The van der Waals surface area contributed by atoms with Gasteiger partial charge >= 0.3 is 0 Å². The van der Waals surface area contributed by atoms with Crippen molar-refractivity contribution < 1.29 is 9.47 Å². The first-order chi connectivity index (χ1) is 10.3. The van der Waals surface area contributed by atoms with Crippen LogP contribution in [0.2, 0.25) is 0 Å². The molecule has 118 valence electrons. The molecule has 6 nitrogen and oxygen atoms in total. The Hall–Kier alpha value is -1.24. The van der Waals surface area contributed by atoms with Gasteiger partial charge in [-0.2, -0.15) is 0 Å². The maximum atomic E-state index is 6.00. The summed E-state index contributed by atoms with van der Waals surface area (Å²) in [7, 11) is 1.63. The number of methoxy groups -OCH3 is 1. The van der Waals surface area contributed by atoms with Gasteiger partial charge < -0.3 is 14.8 Å². The Morgan fingerprint density at radius 2 is 2.24 bits per heavy atom. The molecule has 2 atom stereocenters. The largest absolute Gasteiger partial charge is 0.480 e. The molecule has 0 amide bonds. The van der Waals surface area contributed by atoms with Gasteiger partial charge in [0.25, 0.3) is 0 Å². The van der Waals surface area contributed by atoms with E-state index >= 15 is 0 Å². The van der Waals surface area contributed by atoms with E-state index < -0.39 is 0 Å². The van der Waals surface area contributed by atoms with Crippen LogP contribution in [0.1, 0.15) is 32.0 Å². The van der Waals surface area contributed by atoms with Crippen LogP contribution in [-0.2, 0) is 4.74 Å². The summed E-state index contributed by atoms with van der Waals surface area (Å²) in [5.41, 5.74) is 0.830. The highest BCUT2D eigenvalue weighted by atomic mass is 16.5. The van der Waals surface area contributed by atoms with Crippen molar-refractivity contribution in [2.24, 2.45) is 0 Å². The molecule has 1 aliphatic heterocycles. The minimum absolute atomic E-state index is 0.00273. The minimum atomic E-state index is 0.00273. The average molecular weight is 294 g/mol. The first-order valence-electron chi connectivity index (χ1n) is 7.72. The number of aromatic nitrogens is 2. The second-order valence-corrected chi connectivity index (χ2v) is 5.19. The Kier molecular flexibility index (Phi) is 6.35. The Labute approximate surface area is 126 Å². The lowest BCUT2D eigenvalue weighted by molar-refractivity contribution is -0.0466. The van der Waals surface area contributed by atoms with E-state index in [0.29, 0.717) is 5.88 Å². The molecular formula is C15H26N4O2. The number of ether oxygens (including phenoxy) is 2. The van der Waals surface area contributed by atoms with Crippen LogP contribution in [0, 0.1) is 0 Å². The molecule has 2 unspecified atom stereocenters. The molecule has 0 radical (unpaired) electrons. The molecule has 21 heavy (non-hydrogen) atoms. The lowest BCUT2D eigenvalue weighted by Crippen LogP contribution is -2.48. The highest BCUT2D eigenvalue weighted by molar-refractivity contribution is 5.22. The van der Waals surface area contributed by atoms with E-state index in [1.807, 2.05) is 0 Å². The molecule has 6 heteroatoms. The molecule has 0 aliphatic carbocycles. The molecule has 1 N–H and O–H groups in total. The van der Waals surface area contributed by atoms with Gasteiger partial charge in [-0.15, -0.1) is 0 Å². The number of nitrogens with zero attached hydrogens (tertiary/aromatic N) is 3. The van der Waals surface area contributed by atoms with Gasteiger partial charge in [0, 0.05) is 25.5 Å². The van der Waals surface area contributed by atoms with E-state index in [9.17, 15) is 0 Å². The molecular weight excluding hydrogens is 268 g/mol. The van der Waals surface area contributed by atoms with Crippen molar-refractivity contribution in [3.63, 3.8) is 0 Å². The summed E-state index contributed by atoms with van der Waals surface area (Å²) in [4.78, 5) is 11.1. The van der Waals surface area contributed by atoms with E-state index in [0.717, 1.165) is 44.9 Å². The van der Waals surface area contributed by atoms with Crippen LogP contribution in [0.3, 0.4) is 0 Å². The SMILES string of the molecule is CCCNC(c1nccnc1OC)C1CN(CC)CCO1. The van der Waals surface area contributed by atoms with Crippen molar-refractivity contribution in [2.45, 2.75) is 32.4 Å². The van der Waals surface area contributed by atoms with Gasteiger partial charge in [0.2, 0.25) is 5.88 Å². The third kappa shape index (κ3) is 4.12. The summed E-state index contributed by atoms with van der Waals surface area (Å²) in [6, 6.07) is 0.00273. The summed E-state index contributed by atoms with van der Waals surface area (Å²) in [5, 5.41) is 3.54. The fourth-order valence-corrected chi connectivity index (χ4v) is 2.63. The molecule has 1 saturated heterocycles. The van der Waals surface area contributed by atoms with E-state index in [2.05, 4.69) is 34.0 Å². The van der Waals surface area contributed by atoms with Crippen molar-refractivity contribution in [3.05, 3.63) is 18.1 Å². The van der Waals surface area contributed by atoms with Crippen LogP contribution in [0.4, 0.5) is 0 Å². The molecule has 1 aliphatic rings. The fourth-order valence-electron chi connectivity index (χ4n) is 2.63. The summed E-state index contributed by atoms with van der Waals surface area (Å²) < 4.78 is 11.4. The Morgan fingerprint density at radius 3 is 2.95 bits per heavy atom. The van der Waals surface area contributed by atoms with Gasteiger partial charge in [-0.1, -0.05) is 13.8 Å². The number of nitrogens with one attached hydrogen (secondary N) is 1. The first-order valence-corrected chi connectivity index (χ1v) is 7.72. The average Bonchev–Trinajstić information content (AvgIpc) is 2.56. The zero-order chi connectivity index (χ0) is 15.1. The second-order valence-electron chi connectivity index (χ2n) is 5.19. The zero-order valence-corrected chi connectivity index (χ0v) is 13.2. The number of morpholine rings is 1. The van der Waals surface area contributed by atoms with Gasteiger partial charge in [0.15, 0.2) is 0 Å². The smallest absolute Gasteiger partial charge is 0.237 e. The Bertz CT molecular complexity index is 430. The monoisotopic (exact) mass is 294 g/mol. The molecule has 0 saturated carbocycles. The Morgan fingerprint density at radius 1 is 1.43 bits per heavy atom. The van der Waals surface area contributed by atoms with Crippen LogP contribution in [0.25, 0.3) is 0 Å². The van der Waals surface area contributed by atoms with E-state index in [-0.39, 0.29) is 12.1 Å². The van der Waals surface area contributed by atoms with Gasteiger partial charge in [-0.3, -0.25) is 9.88 Å². The van der Waals surface area contributed by atoms with Crippen molar-refractivity contribution in [1.82, 2.24) is 20.2 Å². The van der Waals surface area contributed by atoms with Crippen molar-refractivity contribution >= 4 is 0 Å². The van der Waals surface area contributed by atoms with Crippen LogP contribution < -0.4 is 10.1 Å². The molecule has 2 rings (SSSR count). The lowest BCUT2D eigenvalue weighted by Gasteiger charge is -2.36. The van der Waals surface area contributed by atoms with Crippen LogP contribution >= 0.6 is 0 Å². The van der Waals surface area contributed by atoms with E-state index in [1.54, 1.807) is 19.5 Å². The zero-order valence-electron chi connectivity index (χ0n) is 13.2. The number of hydrogen-bond acceptors (Lipinski definition) is 6. The summed E-state index contributed by atoms with van der Waals surface area (Å²) in [6.45, 7) is 8.93. The van der Waals surface area contributed by atoms with Crippen LogP contribution in [-0.4, -0.2) is 60.9 Å². The first kappa shape index (κ1) is 16.1. The minimum Gasteiger partial charge on any atom is -0.480 e. The predicted octanol–water partition coefficient (Wildman–Crippen LogP) is 1.25. The third-order valence-corrected chi connectivity index (χ3v) is 3.79. The number of likely N-dealkylation sites (N-methyl/N-ethyl adjacent to an activating group) is 1. The van der Waals surface area contributed by atoms with E-state index in [4.69, 9.17) is 9.47 Å². The van der Waals surface area contributed by atoms with Crippen LogP contribution in [0.15, 0.2) is 12.4 Å². The van der Waals surface area contributed by atoms with Gasteiger partial charge in [0.05, 0.1) is 25.9 Å². The molecule has 1 fully saturated rings. The molecule has 0 bridgehead atoms. The number of rotatable bonds is 7. The van der Waals surface area contributed by atoms with Crippen LogP contribution in [0.5, 0.6) is 5.88 Å². The highest BCUT2D eigenvalue weighted by Gasteiger charge is 2.31. The van der Waals surface area contributed by atoms with Gasteiger partial charge in [0.1, 0.15) is 5.69 Å². The van der Waals surface area contributed by atoms with Gasteiger partial charge in [-0.05, 0) is 19.5 Å². The normalized spacial score (nSPS) is 21.2. The lowest BCUT2D eigenvalue weighted by atomic mass is 10.0. The quantitative estimate of drug-likeness (QED) is 0.816. The Balaban J connectivity index is 2.20. The summed E-state index contributed by atoms with van der Waals surface area (Å²) in [5.74, 6) is 0.573. The molecule has 0 aromatic carbocycles. The molecule has 1 aromatic heterocycles. The highest BCUT2D eigenvalue weighted by Crippen LogP contribution is 2.26. The topological polar surface area (TPSA) is 59.5 Å². The maximum absolute atomic E-state index is 6.00. The number of hydrogen-bond donors (Lipinski definition) is 1. The van der Waals surface area contributed by atoms with Crippen molar-refractivity contribution in [3.8, 4) is 5.88 Å². The molecule has 0 spiro atoms. The standard InChI is InChI=1S/C15H26N4O2/c1-4-6-16-13(12-11-19(5-2)9-10-21-12)14-15(20-3)18-8-7-17-14/h7-8,12-13,16H,4-6,9-11H2,1-3H3. The van der Waals surface area contributed by atoms with Gasteiger partial charge in [-0.25, -0.2) is 4.98 Å². The molecule has 1 aromatic rings. The predicted molar refractivity (Wildman–Crippen MR) is 81.5 cm³/mol.